The molecule has 25 heavy (non-hydrogen) atoms. The van der Waals surface area contributed by atoms with Crippen molar-refractivity contribution in [2.45, 2.75) is 32.1 Å². The van der Waals surface area contributed by atoms with Crippen LogP contribution in [0.15, 0.2) is 24.1 Å². The van der Waals surface area contributed by atoms with Crippen LogP contribution in [0.5, 0.6) is 11.5 Å². The maximum atomic E-state index is 10.4. The first-order valence-electron chi connectivity index (χ1n) is 8.16. The minimum atomic E-state index is -0.859. The van der Waals surface area contributed by atoms with Crippen molar-refractivity contribution in [1.82, 2.24) is 4.72 Å². The van der Waals surface area contributed by atoms with Crippen LogP contribution in [0.4, 0.5) is 0 Å². The number of methoxy groups -OCH3 is 2. The molecule has 140 valence electrons. The molecule has 7 nitrogen and oxygen atoms in total. The number of hydrogen-bond acceptors (Lipinski definition) is 6. The van der Waals surface area contributed by atoms with E-state index in [-0.39, 0.29) is 6.42 Å². The van der Waals surface area contributed by atoms with Gasteiger partial charge >= 0.3 is 5.97 Å². The molecule has 8 heteroatoms. The van der Waals surface area contributed by atoms with Crippen molar-refractivity contribution in [1.29, 1.82) is 0 Å². The van der Waals surface area contributed by atoms with Crippen LogP contribution in [0.3, 0.4) is 0 Å². The third-order valence-corrected chi connectivity index (χ3v) is 5.13. The van der Waals surface area contributed by atoms with Crippen LogP contribution < -0.4 is 14.2 Å². The highest BCUT2D eigenvalue weighted by molar-refractivity contribution is 8.11. The number of carboxylic acids is 1. The first-order chi connectivity index (χ1) is 12.1. The summed E-state index contributed by atoms with van der Waals surface area (Å²) >= 11 is -0.859. The first kappa shape index (κ1) is 19.3. The van der Waals surface area contributed by atoms with Crippen molar-refractivity contribution in [2.75, 3.05) is 20.0 Å². The number of nitrogens with one attached hydrogen (secondary N) is 1. The molecule has 0 aromatic heterocycles. The number of carboxylic acid groups (broad SMARTS) is 1. The predicted molar refractivity (Wildman–Crippen MR) is 97.4 cm³/mol. The number of carbonyl (C=O) groups is 1. The lowest BCUT2D eigenvalue weighted by Gasteiger charge is -2.10. The summed E-state index contributed by atoms with van der Waals surface area (Å²) in [6, 6.07) is 5.55. The number of thiol groups is 1. The Morgan fingerprint density at radius 2 is 2.04 bits per heavy atom. The maximum absolute atomic E-state index is 10.4. The average Bonchev–Trinajstić information content (AvgIpc) is 3.05. The van der Waals surface area contributed by atoms with E-state index < -0.39 is 17.3 Å². The number of ether oxygens (including phenoxy) is 2. The molecule has 1 unspecified atom stereocenters. The van der Waals surface area contributed by atoms with E-state index >= 15 is 0 Å². The molecule has 1 aliphatic heterocycles. The fourth-order valence-electron chi connectivity index (χ4n) is 2.36. The highest BCUT2D eigenvalue weighted by atomic mass is 32.2. The lowest BCUT2D eigenvalue weighted by Crippen LogP contribution is -2.04. The van der Waals surface area contributed by atoms with E-state index in [1.54, 1.807) is 14.2 Å². The summed E-state index contributed by atoms with van der Waals surface area (Å²) in [5, 5.41) is 8.59. The van der Waals surface area contributed by atoms with E-state index in [9.17, 15) is 4.79 Å². The van der Waals surface area contributed by atoms with Crippen LogP contribution >= 0.6 is 11.4 Å². The fraction of sp³-hybridized carbons (Fsp3) is 0.471. The van der Waals surface area contributed by atoms with Gasteiger partial charge < -0.3 is 19.5 Å². The monoisotopic (exact) mass is 371 g/mol. The molecular formula is C17H25NO6S. The first-order valence-corrected chi connectivity index (χ1v) is 9.61. The number of hydrogen-bond donors (Lipinski definition) is 3. The predicted octanol–water partition coefficient (Wildman–Crippen LogP) is 3.42. The topological polar surface area (TPSA) is 86.3 Å². The molecule has 0 saturated carbocycles. The molecule has 1 aliphatic rings. The van der Waals surface area contributed by atoms with Crippen molar-refractivity contribution >= 4 is 23.4 Å². The normalized spacial score (nSPS) is 19.3. The van der Waals surface area contributed by atoms with Gasteiger partial charge in [-0.25, -0.2) is 0 Å². The van der Waals surface area contributed by atoms with Gasteiger partial charge in [-0.3, -0.25) is 9.52 Å². The second kappa shape index (κ2) is 10.0. The second-order valence-electron chi connectivity index (χ2n) is 5.55. The standard InChI is InChI=1S/C17H25NO6S/c1-21-14-9-8-13(15(12-14)22-2)11-16-18-25(24-23-16)10-6-4-3-5-7-17(19)20/h8-9,11-12,18,25H,3-7,10H2,1-2H3,(H,19,20)/b16-11-. The van der Waals surface area contributed by atoms with Crippen LogP contribution in [0, 0.1) is 0 Å². The van der Waals surface area contributed by atoms with Gasteiger partial charge in [-0.05, 0) is 36.3 Å². The van der Waals surface area contributed by atoms with Gasteiger partial charge in [0.15, 0.2) is 0 Å². The largest absolute Gasteiger partial charge is 0.497 e. The van der Waals surface area contributed by atoms with Gasteiger partial charge in [0.2, 0.25) is 5.88 Å². The van der Waals surface area contributed by atoms with Crippen LogP contribution in [0.1, 0.15) is 37.7 Å². The Morgan fingerprint density at radius 1 is 1.24 bits per heavy atom. The summed E-state index contributed by atoms with van der Waals surface area (Å²) in [4.78, 5) is 15.7. The second-order valence-corrected chi connectivity index (χ2v) is 7.12. The van der Waals surface area contributed by atoms with Gasteiger partial charge in [0.05, 0.1) is 14.2 Å². The fourth-order valence-corrected chi connectivity index (χ4v) is 3.61. The lowest BCUT2D eigenvalue weighted by atomic mass is 10.2. The van der Waals surface area contributed by atoms with Crippen LogP contribution in [-0.4, -0.2) is 31.0 Å². The number of aliphatic carboxylic acids is 1. The summed E-state index contributed by atoms with van der Waals surface area (Å²) < 4.78 is 19.1. The molecule has 1 aromatic carbocycles. The average molecular weight is 371 g/mol. The van der Waals surface area contributed by atoms with Crippen molar-refractivity contribution < 1.29 is 28.6 Å². The molecule has 2 rings (SSSR count). The Morgan fingerprint density at radius 3 is 2.76 bits per heavy atom. The third kappa shape index (κ3) is 6.39. The minimum absolute atomic E-state index is 0.239. The molecule has 0 aliphatic carbocycles. The molecule has 1 aromatic rings. The molecule has 0 bridgehead atoms. The molecule has 1 fully saturated rings. The smallest absolute Gasteiger partial charge is 0.303 e. The van der Waals surface area contributed by atoms with Crippen molar-refractivity contribution in [3.8, 4) is 11.5 Å². The van der Waals surface area contributed by atoms with E-state index in [2.05, 4.69) is 4.72 Å². The minimum Gasteiger partial charge on any atom is -0.497 e. The third-order valence-electron chi connectivity index (χ3n) is 3.68. The molecule has 1 heterocycles. The van der Waals surface area contributed by atoms with Crippen molar-refractivity contribution in [3.05, 3.63) is 29.6 Å². The van der Waals surface area contributed by atoms with Gasteiger partial charge in [0.25, 0.3) is 0 Å². The van der Waals surface area contributed by atoms with E-state index in [0.29, 0.717) is 11.6 Å². The maximum Gasteiger partial charge on any atom is 0.303 e. The number of benzene rings is 1. The Labute approximate surface area is 150 Å². The van der Waals surface area contributed by atoms with E-state index in [1.165, 1.54) is 0 Å². The summed E-state index contributed by atoms with van der Waals surface area (Å²) in [5.41, 5.74) is 0.861. The van der Waals surface area contributed by atoms with Gasteiger partial charge in [0, 0.05) is 29.9 Å². The van der Waals surface area contributed by atoms with Crippen molar-refractivity contribution in [2.24, 2.45) is 0 Å². The molecule has 0 radical (unpaired) electrons. The Kier molecular flexibility index (Phi) is 7.75. The quantitative estimate of drug-likeness (QED) is 0.330. The zero-order chi connectivity index (χ0) is 18.1. The van der Waals surface area contributed by atoms with Crippen molar-refractivity contribution in [3.63, 3.8) is 0 Å². The molecule has 2 N–H and O–H groups in total. The van der Waals surface area contributed by atoms with E-state index in [4.69, 9.17) is 23.8 Å². The zero-order valence-electron chi connectivity index (χ0n) is 14.5. The number of rotatable bonds is 10. The summed E-state index contributed by atoms with van der Waals surface area (Å²) in [6.07, 6.45) is 5.67. The molecule has 0 spiro atoms. The summed E-state index contributed by atoms with van der Waals surface area (Å²) in [5.74, 6) is 2.09. The van der Waals surface area contributed by atoms with Crippen LogP contribution in [0.25, 0.3) is 6.08 Å². The highest BCUT2D eigenvalue weighted by Crippen LogP contribution is 2.35. The van der Waals surface area contributed by atoms with Crippen LogP contribution in [-0.2, 0) is 14.0 Å². The SMILES string of the molecule is COc1ccc(/C=C2/N[SH](CCCCCCC(=O)O)OO2)c(OC)c1. The Bertz CT molecular complexity index is 607. The van der Waals surface area contributed by atoms with Gasteiger partial charge in [-0.15, -0.1) is 4.33 Å². The number of unbranched alkanes of at least 4 members (excludes halogenated alkanes) is 3. The molecule has 1 saturated heterocycles. The zero-order valence-corrected chi connectivity index (χ0v) is 15.4. The van der Waals surface area contributed by atoms with Gasteiger partial charge in [-0.2, -0.15) is 0 Å². The highest BCUT2D eigenvalue weighted by Gasteiger charge is 2.18. The van der Waals surface area contributed by atoms with Gasteiger partial charge in [0.1, 0.15) is 11.5 Å². The van der Waals surface area contributed by atoms with Gasteiger partial charge in [-0.1, -0.05) is 12.8 Å². The Hall–Kier alpha value is -2.06. The molecule has 1 atom stereocenters. The summed E-state index contributed by atoms with van der Waals surface area (Å²) in [7, 11) is 3.21. The lowest BCUT2D eigenvalue weighted by molar-refractivity contribution is -0.137. The van der Waals surface area contributed by atoms with Crippen LogP contribution in [0.2, 0.25) is 0 Å². The summed E-state index contributed by atoms with van der Waals surface area (Å²) in [6.45, 7) is 0. The Balaban J connectivity index is 1.78. The van der Waals surface area contributed by atoms with E-state index in [1.807, 2.05) is 24.3 Å². The van der Waals surface area contributed by atoms with E-state index in [0.717, 1.165) is 42.7 Å². The molecular weight excluding hydrogens is 346 g/mol. The molecule has 0 amide bonds.